The van der Waals surface area contributed by atoms with E-state index < -0.39 is 0 Å². The summed E-state index contributed by atoms with van der Waals surface area (Å²) in [7, 11) is 0. The normalized spacial score (nSPS) is 33.0. The molecule has 1 aromatic rings. The van der Waals surface area contributed by atoms with Crippen LogP contribution in [0.2, 0.25) is 0 Å². The van der Waals surface area contributed by atoms with Gasteiger partial charge in [0.1, 0.15) is 0 Å². The molecule has 21 heavy (non-hydrogen) atoms. The lowest BCUT2D eigenvalue weighted by atomic mass is 9.68. The zero-order valence-electron chi connectivity index (χ0n) is 13.5. The average molecular weight is 286 g/mol. The van der Waals surface area contributed by atoms with Gasteiger partial charge in [0.15, 0.2) is 0 Å². The fourth-order valence-corrected chi connectivity index (χ4v) is 4.68. The largest absolute Gasteiger partial charge is 0.381 e. The molecule has 3 nitrogen and oxygen atoms in total. The summed E-state index contributed by atoms with van der Waals surface area (Å²) in [5.41, 5.74) is 2.77. The van der Waals surface area contributed by atoms with Gasteiger partial charge in [0.2, 0.25) is 5.91 Å². The van der Waals surface area contributed by atoms with E-state index in [1.165, 1.54) is 26.2 Å². The molecule has 114 valence electrons. The van der Waals surface area contributed by atoms with E-state index in [-0.39, 0.29) is 5.91 Å². The SMILES string of the molecule is CC(=O)Nc1ccc(NC2C3(C)CCC(C3)C2(C)C)cc1. The molecular weight excluding hydrogens is 260 g/mol. The maximum atomic E-state index is 11.1. The third-order valence-electron chi connectivity index (χ3n) is 5.79. The van der Waals surface area contributed by atoms with Crippen molar-refractivity contribution in [2.75, 3.05) is 10.6 Å². The van der Waals surface area contributed by atoms with Crippen molar-refractivity contribution in [3.8, 4) is 0 Å². The molecule has 0 spiro atoms. The summed E-state index contributed by atoms with van der Waals surface area (Å²) < 4.78 is 0. The second kappa shape index (κ2) is 4.75. The molecule has 0 radical (unpaired) electrons. The summed E-state index contributed by atoms with van der Waals surface area (Å²) in [5, 5.41) is 6.58. The van der Waals surface area contributed by atoms with Crippen molar-refractivity contribution in [1.82, 2.24) is 0 Å². The first kappa shape index (κ1) is 14.4. The third-order valence-corrected chi connectivity index (χ3v) is 5.79. The highest BCUT2D eigenvalue weighted by atomic mass is 16.1. The van der Waals surface area contributed by atoms with E-state index in [0.29, 0.717) is 16.9 Å². The number of rotatable bonds is 3. The Balaban J connectivity index is 1.76. The van der Waals surface area contributed by atoms with E-state index in [0.717, 1.165) is 17.3 Å². The van der Waals surface area contributed by atoms with Crippen molar-refractivity contribution in [2.45, 2.75) is 53.0 Å². The quantitative estimate of drug-likeness (QED) is 0.871. The monoisotopic (exact) mass is 286 g/mol. The summed E-state index contributed by atoms with van der Waals surface area (Å²) >= 11 is 0. The second-order valence-corrected chi connectivity index (χ2v) is 7.75. The molecule has 3 unspecified atom stereocenters. The Labute approximate surface area is 127 Å². The Bertz CT molecular complexity index is 544. The van der Waals surface area contributed by atoms with E-state index in [2.05, 4.69) is 43.5 Å². The molecule has 0 heterocycles. The van der Waals surface area contributed by atoms with Crippen molar-refractivity contribution >= 4 is 17.3 Å². The van der Waals surface area contributed by atoms with Crippen LogP contribution in [0, 0.1) is 16.7 Å². The van der Waals surface area contributed by atoms with Crippen LogP contribution in [0.4, 0.5) is 11.4 Å². The lowest BCUT2D eigenvalue weighted by Gasteiger charge is -2.43. The summed E-state index contributed by atoms with van der Waals surface area (Å²) in [6.07, 6.45) is 4.06. The minimum Gasteiger partial charge on any atom is -0.381 e. The Morgan fingerprint density at radius 3 is 2.29 bits per heavy atom. The van der Waals surface area contributed by atoms with Gasteiger partial charge in [-0.2, -0.15) is 0 Å². The molecule has 2 fully saturated rings. The number of benzene rings is 1. The molecule has 1 amide bonds. The van der Waals surface area contributed by atoms with E-state index in [1.54, 1.807) is 0 Å². The maximum absolute atomic E-state index is 11.1. The first-order chi connectivity index (χ1) is 9.81. The predicted molar refractivity (Wildman–Crippen MR) is 87.4 cm³/mol. The van der Waals surface area contributed by atoms with Crippen molar-refractivity contribution in [1.29, 1.82) is 0 Å². The van der Waals surface area contributed by atoms with Crippen LogP contribution in [0.15, 0.2) is 24.3 Å². The van der Waals surface area contributed by atoms with E-state index in [9.17, 15) is 4.79 Å². The van der Waals surface area contributed by atoms with Gasteiger partial charge < -0.3 is 10.6 Å². The number of carbonyl (C=O) groups is 1. The van der Waals surface area contributed by atoms with Gasteiger partial charge in [-0.25, -0.2) is 0 Å². The van der Waals surface area contributed by atoms with Crippen molar-refractivity contribution in [3.63, 3.8) is 0 Å². The molecule has 2 saturated carbocycles. The lowest BCUT2D eigenvalue weighted by Crippen LogP contribution is -2.45. The molecule has 3 rings (SSSR count). The van der Waals surface area contributed by atoms with E-state index in [1.807, 2.05) is 12.1 Å². The van der Waals surface area contributed by atoms with Gasteiger partial charge in [-0.3, -0.25) is 4.79 Å². The smallest absolute Gasteiger partial charge is 0.221 e. The number of nitrogens with one attached hydrogen (secondary N) is 2. The van der Waals surface area contributed by atoms with Gasteiger partial charge in [0, 0.05) is 24.3 Å². The topological polar surface area (TPSA) is 41.1 Å². The van der Waals surface area contributed by atoms with Crippen LogP contribution in [0.25, 0.3) is 0 Å². The Morgan fingerprint density at radius 1 is 1.14 bits per heavy atom. The molecule has 0 aliphatic heterocycles. The van der Waals surface area contributed by atoms with Crippen LogP contribution in [-0.2, 0) is 4.79 Å². The molecule has 2 N–H and O–H groups in total. The number of fused-ring (bicyclic) bond motifs is 2. The summed E-state index contributed by atoms with van der Waals surface area (Å²) in [6, 6.07) is 8.58. The fourth-order valence-electron chi connectivity index (χ4n) is 4.68. The van der Waals surface area contributed by atoms with Gasteiger partial charge in [0.25, 0.3) is 0 Å². The number of hydrogen-bond donors (Lipinski definition) is 2. The number of hydrogen-bond acceptors (Lipinski definition) is 2. The van der Waals surface area contributed by atoms with E-state index >= 15 is 0 Å². The number of carbonyl (C=O) groups excluding carboxylic acids is 1. The first-order valence-corrected chi connectivity index (χ1v) is 7.95. The Morgan fingerprint density at radius 2 is 1.76 bits per heavy atom. The highest BCUT2D eigenvalue weighted by molar-refractivity contribution is 5.88. The highest BCUT2D eigenvalue weighted by Crippen LogP contribution is 2.63. The molecule has 0 aromatic heterocycles. The fraction of sp³-hybridized carbons (Fsp3) is 0.611. The van der Waals surface area contributed by atoms with Crippen LogP contribution in [-0.4, -0.2) is 11.9 Å². The van der Waals surface area contributed by atoms with Gasteiger partial charge in [-0.15, -0.1) is 0 Å². The minimum absolute atomic E-state index is 0.0301. The van der Waals surface area contributed by atoms with Crippen molar-refractivity contribution < 1.29 is 4.79 Å². The van der Waals surface area contributed by atoms with Crippen molar-refractivity contribution in [3.05, 3.63) is 24.3 Å². The van der Waals surface area contributed by atoms with Crippen molar-refractivity contribution in [2.24, 2.45) is 16.7 Å². The zero-order valence-corrected chi connectivity index (χ0v) is 13.5. The molecular formula is C18H26N2O. The van der Waals surface area contributed by atoms with Gasteiger partial charge >= 0.3 is 0 Å². The van der Waals surface area contributed by atoms with Crippen LogP contribution in [0.3, 0.4) is 0 Å². The first-order valence-electron chi connectivity index (χ1n) is 7.95. The molecule has 0 saturated heterocycles. The van der Waals surface area contributed by atoms with Crippen LogP contribution in [0.1, 0.15) is 47.0 Å². The van der Waals surface area contributed by atoms with Gasteiger partial charge in [-0.1, -0.05) is 20.8 Å². The second-order valence-electron chi connectivity index (χ2n) is 7.75. The third kappa shape index (κ3) is 2.43. The molecule has 2 aliphatic rings. The molecule has 1 aromatic carbocycles. The van der Waals surface area contributed by atoms with Gasteiger partial charge in [-0.05, 0) is 60.3 Å². The Kier molecular flexibility index (Phi) is 3.27. The van der Waals surface area contributed by atoms with Crippen LogP contribution < -0.4 is 10.6 Å². The Hall–Kier alpha value is -1.51. The van der Waals surface area contributed by atoms with Crippen LogP contribution in [0.5, 0.6) is 0 Å². The number of anilines is 2. The maximum Gasteiger partial charge on any atom is 0.221 e. The molecule has 2 aliphatic carbocycles. The lowest BCUT2D eigenvalue weighted by molar-refractivity contribution is -0.114. The van der Waals surface area contributed by atoms with E-state index in [4.69, 9.17) is 0 Å². The molecule has 2 bridgehead atoms. The summed E-state index contributed by atoms with van der Waals surface area (Å²) in [4.78, 5) is 11.1. The van der Waals surface area contributed by atoms with Crippen LogP contribution >= 0.6 is 0 Å². The average Bonchev–Trinajstić information content (AvgIpc) is 2.87. The highest BCUT2D eigenvalue weighted by Gasteiger charge is 2.59. The molecule has 3 heteroatoms. The summed E-state index contributed by atoms with van der Waals surface area (Å²) in [5.74, 6) is 0.816. The number of amides is 1. The minimum atomic E-state index is -0.0301. The predicted octanol–water partition coefficient (Wildman–Crippen LogP) is 4.27. The zero-order chi connectivity index (χ0) is 15.3. The van der Waals surface area contributed by atoms with Gasteiger partial charge in [0.05, 0.1) is 0 Å². The standard InChI is InChI=1S/C18H26N2O/c1-12(21)19-14-5-7-15(8-6-14)20-16-17(2,3)13-9-10-18(16,4)11-13/h5-8,13,16,20H,9-11H2,1-4H3,(H,19,21). The summed E-state index contributed by atoms with van der Waals surface area (Å²) in [6.45, 7) is 8.78. The molecule has 3 atom stereocenters.